The van der Waals surface area contributed by atoms with E-state index in [4.69, 9.17) is 5.73 Å². The maximum absolute atomic E-state index is 6.31. The van der Waals surface area contributed by atoms with E-state index in [1.54, 1.807) is 11.3 Å². The summed E-state index contributed by atoms with van der Waals surface area (Å²) in [5, 5.41) is 4.68. The van der Waals surface area contributed by atoms with E-state index in [0.717, 1.165) is 19.4 Å². The van der Waals surface area contributed by atoms with Crippen molar-refractivity contribution in [2.75, 3.05) is 6.54 Å². The molecule has 1 aliphatic carbocycles. The summed E-state index contributed by atoms with van der Waals surface area (Å²) in [4.78, 5) is 5.67. The molecule has 1 aromatic rings. The lowest BCUT2D eigenvalue weighted by molar-refractivity contribution is 0.383. The molecule has 0 saturated heterocycles. The van der Waals surface area contributed by atoms with E-state index in [1.165, 1.54) is 22.7 Å². The molecule has 0 radical (unpaired) electrons. The van der Waals surface area contributed by atoms with Crippen molar-refractivity contribution in [1.29, 1.82) is 0 Å². The summed E-state index contributed by atoms with van der Waals surface area (Å²) < 4.78 is 0. The van der Waals surface area contributed by atoms with Crippen LogP contribution < -0.4 is 11.1 Å². The zero-order chi connectivity index (χ0) is 11.6. The number of aromatic nitrogens is 1. The third kappa shape index (κ3) is 2.81. The van der Waals surface area contributed by atoms with Crippen LogP contribution in [0.5, 0.6) is 0 Å². The molecule has 90 valence electrons. The summed E-state index contributed by atoms with van der Waals surface area (Å²) in [5.41, 5.74) is 6.34. The molecule has 1 aromatic heterocycles. The summed E-state index contributed by atoms with van der Waals surface area (Å²) in [5.74, 6) is 0. The third-order valence-corrected chi connectivity index (χ3v) is 4.46. The van der Waals surface area contributed by atoms with Gasteiger partial charge in [-0.2, -0.15) is 0 Å². The second-order valence-electron chi connectivity index (χ2n) is 4.98. The highest BCUT2D eigenvalue weighted by Crippen LogP contribution is 2.27. The summed E-state index contributed by atoms with van der Waals surface area (Å²) in [7, 11) is 0. The van der Waals surface area contributed by atoms with Gasteiger partial charge in [0.05, 0.1) is 6.04 Å². The minimum Gasteiger partial charge on any atom is -0.324 e. The first-order chi connectivity index (χ1) is 7.59. The number of nitrogens with zero attached hydrogens (tertiary/aromatic N) is 1. The molecule has 3 nitrogen and oxygen atoms in total. The Bertz CT molecular complexity index is 342. The van der Waals surface area contributed by atoms with Gasteiger partial charge in [-0.25, -0.2) is 4.98 Å². The van der Waals surface area contributed by atoms with E-state index in [9.17, 15) is 0 Å². The van der Waals surface area contributed by atoms with Crippen molar-refractivity contribution >= 4 is 11.3 Å². The Morgan fingerprint density at radius 3 is 2.81 bits per heavy atom. The van der Waals surface area contributed by atoms with Gasteiger partial charge in [-0.3, -0.25) is 0 Å². The van der Waals surface area contributed by atoms with Crippen molar-refractivity contribution < 1.29 is 0 Å². The van der Waals surface area contributed by atoms with Crippen LogP contribution >= 0.6 is 11.3 Å². The zero-order valence-corrected chi connectivity index (χ0v) is 10.9. The molecule has 0 bridgehead atoms. The van der Waals surface area contributed by atoms with E-state index < -0.39 is 0 Å². The Labute approximate surface area is 101 Å². The molecule has 16 heavy (non-hydrogen) atoms. The number of hydrogen-bond donors (Lipinski definition) is 2. The van der Waals surface area contributed by atoms with Gasteiger partial charge in [0.1, 0.15) is 5.01 Å². The first-order valence-electron chi connectivity index (χ1n) is 6.04. The highest BCUT2D eigenvalue weighted by molar-refractivity contribution is 7.11. The SMILES string of the molecule is Cc1cnc(C(C)NCC2(N)CCCC2)s1. The van der Waals surface area contributed by atoms with Gasteiger partial charge in [-0.15, -0.1) is 11.3 Å². The van der Waals surface area contributed by atoms with Gasteiger partial charge in [0.15, 0.2) is 0 Å². The first-order valence-corrected chi connectivity index (χ1v) is 6.85. The van der Waals surface area contributed by atoms with E-state index in [0.29, 0.717) is 6.04 Å². The number of thiazole rings is 1. The normalized spacial score (nSPS) is 21.2. The standard InChI is InChI=1S/C12H21N3S/c1-9-7-14-11(16-9)10(2)15-8-12(13)5-3-4-6-12/h7,10,15H,3-6,8,13H2,1-2H3. The largest absolute Gasteiger partial charge is 0.324 e. The lowest BCUT2D eigenvalue weighted by atomic mass is 9.99. The fourth-order valence-corrected chi connectivity index (χ4v) is 3.07. The van der Waals surface area contributed by atoms with Crippen molar-refractivity contribution in [1.82, 2.24) is 10.3 Å². The fraction of sp³-hybridized carbons (Fsp3) is 0.750. The molecule has 0 spiro atoms. The molecule has 1 heterocycles. The number of aryl methyl sites for hydroxylation is 1. The second kappa shape index (κ2) is 4.82. The fourth-order valence-electron chi connectivity index (χ4n) is 2.27. The average molecular weight is 239 g/mol. The maximum atomic E-state index is 6.31. The predicted octanol–water partition coefficient (Wildman–Crippen LogP) is 2.37. The van der Waals surface area contributed by atoms with Crippen molar-refractivity contribution in [2.45, 2.75) is 51.1 Å². The number of hydrogen-bond acceptors (Lipinski definition) is 4. The van der Waals surface area contributed by atoms with E-state index in [1.807, 2.05) is 6.20 Å². The Kier molecular flexibility index (Phi) is 3.62. The van der Waals surface area contributed by atoms with E-state index >= 15 is 0 Å². The number of nitrogens with two attached hydrogens (primary N) is 1. The molecule has 4 heteroatoms. The van der Waals surface area contributed by atoms with E-state index in [2.05, 4.69) is 24.1 Å². The van der Waals surface area contributed by atoms with Crippen molar-refractivity contribution in [3.05, 3.63) is 16.1 Å². The molecule has 1 unspecified atom stereocenters. The molecular weight excluding hydrogens is 218 g/mol. The average Bonchev–Trinajstić information content (AvgIpc) is 2.85. The first kappa shape index (κ1) is 12.0. The molecule has 0 aromatic carbocycles. The Morgan fingerprint density at radius 2 is 2.25 bits per heavy atom. The Hall–Kier alpha value is -0.450. The van der Waals surface area contributed by atoms with Gasteiger partial charge in [0, 0.05) is 23.2 Å². The minimum absolute atomic E-state index is 0.0283. The van der Waals surface area contributed by atoms with Crippen LogP contribution in [0.1, 0.15) is 48.5 Å². The minimum atomic E-state index is 0.0283. The predicted molar refractivity (Wildman–Crippen MR) is 68.7 cm³/mol. The summed E-state index contributed by atoms with van der Waals surface area (Å²) in [6.07, 6.45) is 6.81. The van der Waals surface area contributed by atoms with Crippen LogP contribution in [0, 0.1) is 6.92 Å². The quantitative estimate of drug-likeness (QED) is 0.848. The molecule has 0 amide bonds. The molecule has 1 atom stereocenters. The second-order valence-corrected chi connectivity index (χ2v) is 6.25. The molecule has 1 aliphatic rings. The van der Waals surface area contributed by atoms with Crippen LogP contribution in [0.25, 0.3) is 0 Å². The molecular formula is C12H21N3S. The number of rotatable bonds is 4. The molecule has 2 rings (SSSR count). The smallest absolute Gasteiger partial charge is 0.109 e. The molecule has 1 saturated carbocycles. The van der Waals surface area contributed by atoms with Crippen molar-refractivity contribution in [2.24, 2.45) is 5.73 Å². The van der Waals surface area contributed by atoms with Crippen molar-refractivity contribution in [3.63, 3.8) is 0 Å². The van der Waals surface area contributed by atoms with Gasteiger partial charge in [-0.1, -0.05) is 12.8 Å². The van der Waals surface area contributed by atoms with Crippen LogP contribution in [0.2, 0.25) is 0 Å². The Balaban J connectivity index is 1.86. The summed E-state index contributed by atoms with van der Waals surface area (Å²) in [6.45, 7) is 5.17. The van der Waals surface area contributed by atoms with Crippen LogP contribution in [-0.4, -0.2) is 17.1 Å². The van der Waals surface area contributed by atoms with Crippen LogP contribution in [0.4, 0.5) is 0 Å². The molecule has 0 aliphatic heterocycles. The van der Waals surface area contributed by atoms with Crippen molar-refractivity contribution in [3.8, 4) is 0 Å². The van der Waals surface area contributed by atoms with Gasteiger partial charge >= 0.3 is 0 Å². The topological polar surface area (TPSA) is 50.9 Å². The highest BCUT2D eigenvalue weighted by Gasteiger charge is 2.29. The van der Waals surface area contributed by atoms with Gasteiger partial charge in [0.25, 0.3) is 0 Å². The zero-order valence-electron chi connectivity index (χ0n) is 10.1. The van der Waals surface area contributed by atoms with Crippen LogP contribution in [-0.2, 0) is 0 Å². The van der Waals surface area contributed by atoms with Crippen LogP contribution in [0.15, 0.2) is 6.20 Å². The molecule has 3 N–H and O–H groups in total. The number of nitrogens with one attached hydrogen (secondary N) is 1. The lowest BCUT2D eigenvalue weighted by Crippen LogP contribution is -2.46. The highest BCUT2D eigenvalue weighted by atomic mass is 32.1. The summed E-state index contributed by atoms with van der Waals surface area (Å²) >= 11 is 1.76. The summed E-state index contributed by atoms with van der Waals surface area (Å²) in [6, 6.07) is 0.319. The Morgan fingerprint density at radius 1 is 1.56 bits per heavy atom. The maximum Gasteiger partial charge on any atom is 0.109 e. The van der Waals surface area contributed by atoms with Gasteiger partial charge in [0.2, 0.25) is 0 Å². The van der Waals surface area contributed by atoms with E-state index in [-0.39, 0.29) is 5.54 Å². The van der Waals surface area contributed by atoms with Gasteiger partial charge < -0.3 is 11.1 Å². The van der Waals surface area contributed by atoms with Gasteiger partial charge in [-0.05, 0) is 26.7 Å². The lowest BCUT2D eigenvalue weighted by Gasteiger charge is -2.25. The third-order valence-electron chi connectivity index (χ3n) is 3.37. The molecule has 1 fully saturated rings. The monoisotopic (exact) mass is 239 g/mol. The van der Waals surface area contributed by atoms with Crippen LogP contribution in [0.3, 0.4) is 0 Å².